The summed E-state index contributed by atoms with van der Waals surface area (Å²) < 4.78 is 90.6. The molecule has 0 atom stereocenters. The second-order valence-electron chi connectivity index (χ2n) is 15.6. The molecular formula is C54H33F6N3. The average molecular weight is 838 g/mol. The Kier molecular flexibility index (Phi) is 8.73. The van der Waals surface area contributed by atoms with E-state index >= 15 is 0 Å². The largest absolute Gasteiger partial charge is 0.418 e. The fourth-order valence-corrected chi connectivity index (χ4v) is 9.21. The quantitative estimate of drug-likeness (QED) is 0.148. The van der Waals surface area contributed by atoms with Crippen LogP contribution in [-0.4, -0.2) is 4.40 Å². The van der Waals surface area contributed by atoms with Crippen molar-refractivity contribution < 1.29 is 26.3 Å². The highest BCUT2D eigenvalue weighted by Gasteiger charge is 2.37. The molecule has 9 aromatic carbocycles. The van der Waals surface area contributed by atoms with Crippen molar-refractivity contribution in [3.63, 3.8) is 0 Å². The van der Waals surface area contributed by atoms with Crippen molar-refractivity contribution >= 4 is 83.0 Å². The van der Waals surface area contributed by atoms with Gasteiger partial charge in [0.2, 0.25) is 0 Å². The van der Waals surface area contributed by atoms with Gasteiger partial charge in [-0.25, -0.2) is 0 Å². The lowest BCUT2D eigenvalue weighted by Crippen LogP contribution is -2.16. The van der Waals surface area contributed by atoms with E-state index in [9.17, 15) is 26.3 Å². The molecule has 0 unspecified atom stereocenters. The van der Waals surface area contributed by atoms with Gasteiger partial charge in [0.15, 0.2) is 0 Å². The zero-order chi connectivity index (χ0) is 43.0. The molecule has 9 heteroatoms. The molecule has 306 valence electrons. The van der Waals surface area contributed by atoms with Crippen molar-refractivity contribution in [1.29, 1.82) is 0 Å². The predicted molar refractivity (Wildman–Crippen MR) is 243 cm³/mol. The first kappa shape index (κ1) is 38.2. The first-order valence-electron chi connectivity index (χ1n) is 20.3. The topological polar surface area (TPSA) is 10.9 Å². The van der Waals surface area contributed by atoms with E-state index < -0.39 is 23.5 Å². The summed E-state index contributed by atoms with van der Waals surface area (Å²) in [6.45, 7) is 0. The molecule has 0 bridgehead atoms. The van der Waals surface area contributed by atoms with E-state index in [2.05, 4.69) is 34.7 Å². The van der Waals surface area contributed by atoms with Gasteiger partial charge in [0.25, 0.3) is 0 Å². The maximum absolute atomic E-state index is 14.9. The number of benzene rings is 9. The van der Waals surface area contributed by atoms with Crippen molar-refractivity contribution in [2.45, 2.75) is 12.4 Å². The summed E-state index contributed by atoms with van der Waals surface area (Å²) in [6, 6.07) is 59.2. The molecule has 0 radical (unpaired) electrons. The molecule has 11 rings (SSSR count). The minimum Gasteiger partial charge on any atom is -0.310 e. The molecule has 0 spiro atoms. The number of fused-ring (bicyclic) bond motifs is 7. The van der Waals surface area contributed by atoms with Crippen LogP contribution >= 0.6 is 0 Å². The van der Waals surface area contributed by atoms with E-state index in [1.165, 1.54) is 24.3 Å². The van der Waals surface area contributed by atoms with E-state index in [0.717, 1.165) is 72.1 Å². The first-order valence-corrected chi connectivity index (χ1v) is 20.3. The Bertz CT molecular complexity index is 3490. The summed E-state index contributed by atoms with van der Waals surface area (Å²) >= 11 is 0. The fourth-order valence-electron chi connectivity index (χ4n) is 9.21. The highest BCUT2D eigenvalue weighted by atomic mass is 19.4. The van der Waals surface area contributed by atoms with Crippen LogP contribution in [-0.2, 0) is 12.4 Å². The maximum atomic E-state index is 14.9. The number of anilines is 6. The molecule has 0 aliphatic heterocycles. The van der Waals surface area contributed by atoms with Crippen LogP contribution in [0.3, 0.4) is 0 Å². The van der Waals surface area contributed by atoms with Gasteiger partial charge in [0.05, 0.1) is 44.7 Å². The Balaban J connectivity index is 1.21. The minimum absolute atomic E-state index is 0.000885. The lowest BCUT2D eigenvalue weighted by atomic mass is 9.99. The Hall–Kier alpha value is -7.78. The Morgan fingerprint density at radius 3 is 1.56 bits per heavy atom. The summed E-state index contributed by atoms with van der Waals surface area (Å²) in [5.41, 5.74) is 5.21. The molecule has 0 N–H and O–H groups in total. The Morgan fingerprint density at radius 1 is 0.349 bits per heavy atom. The fraction of sp³-hybridized carbons (Fsp3) is 0.0370. The second-order valence-corrected chi connectivity index (χ2v) is 15.6. The number of nitrogens with zero attached hydrogens (tertiary/aromatic N) is 3. The number of hydrogen-bond acceptors (Lipinski definition) is 2. The zero-order valence-corrected chi connectivity index (χ0v) is 33.2. The van der Waals surface area contributed by atoms with Crippen LogP contribution in [0.1, 0.15) is 11.1 Å². The molecule has 0 fully saturated rings. The van der Waals surface area contributed by atoms with E-state index in [-0.39, 0.29) is 11.4 Å². The van der Waals surface area contributed by atoms with Crippen LogP contribution in [0, 0.1) is 0 Å². The SMILES string of the molecule is FC(F)(F)c1ccccc1N(c1ccccc1)c1ccc2cc3c4ccc(N(c5ccccc5)c5ccccc5C(F)(F)F)c5c6cc(-c7ccccc7)ccc6n(c3cc2c1)c45. The van der Waals surface area contributed by atoms with Gasteiger partial charge in [0.1, 0.15) is 0 Å². The van der Waals surface area contributed by atoms with Crippen molar-refractivity contribution in [1.82, 2.24) is 4.40 Å². The van der Waals surface area contributed by atoms with Crippen molar-refractivity contribution in [3.05, 3.63) is 211 Å². The van der Waals surface area contributed by atoms with Crippen molar-refractivity contribution in [2.24, 2.45) is 0 Å². The molecule has 0 aliphatic rings. The van der Waals surface area contributed by atoms with E-state index in [1.807, 2.05) is 97.1 Å². The van der Waals surface area contributed by atoms with Crippen LogP contribution < -0.4 is 9.80 Å². The summed E-state index contributed by atoms with van der Waals surface area (Å²) in [6.07, 6.45) is -9.23. The minimum atomic E-state index is -4.63. The molecular weight excluding hydrogens is 805 g/mol. The van der Waals surface area contributed by atoms with E-state index in [4.69, 9.17) is 0 Å². The number of para-hydroxylation sites is 4. The molecule has 0 aliphatic carbocycles. The number of aromatic nitrogens is 1. The third-order valence-electron chi connectivity index (χ3n) is 11.9. The first-order chi connectivity index (χ1) is 30.5. The number of alkyl halides is 6. The summed E-state index contributed by atoms with van der Waals surface area (Å²) in [7, 11) is 0. The Labute approximate surface area is 357 Å². The molecule has 2 heterocycles. The molecule has 0 amide bonds. The smallest absolute Gasteiger partial charge is 0.310 e. The van der Waals surface area contributed by atoms with E-state index in [1.54, 1.807) is 46.2 Å². The molecule has 11 aromatic rings. The molecule has 2 aromatic heterocycles. The lowest BCUT2D eigenvalue weighted by Gasteiger charge is -2.29. The number of rotatable bonds is 7. The summed E-state index contributed by atoms with van der Waals surface area (Å²) in [4.78, 5) is 3.32. The van der Waals surface area contributed by atoms with Crippen LogP contribution in [0.25, 0.3) is 60.0 Å². The highest BCUT2D eigenvalue weighted by molar-refractivity contribution is 6.28. The van der Waals surface area contributed by atoms with Crippen molar-refractivity contribution in [3.8, 4) is 11.1 Å². The lowest BCUT2D eigenvalue weighted by molar-refractivity contribution is -0.137. The van der Waals surface area contributed by atoms with E-state index in [0.29, 0.717) is 22.7 Å². The maximum Gasteiger partial charge on any atom is 0.418 e. The monoisotopic (exact) mass is 837 g/mol. The van der Waals surface area contributed by atoms with Crippen LogP contribution in [0.15, 0.2) is 200 Å². The average Bonchev–Trinajstić information content (AvgIpc) is 3.81. The molecule has 3 nitrogen and oxygen atoms in total. The van der Waals surface area contributed by atoms with Crippen LogP contribution in [0.4, 0.5) is 60.5 Å². The molecule has 0 saturated heterocycles. The summed E-state index contributed by atoms with van der Waals surface area (Å²) in [5.74, 6) is 0. The van der Waals surface area contributed by atoms with Gasteiger partial charge in [-0.15, -0.1) is 0 Å². The standard InChI is InChI=1S/C54H33F6N3/c55-53(56,57)44-20-10-12-22-47(44)61(38-16-6-2-7-17-38)40-26-24-36-31-42-41-27-29-49(62(39-18-8-3-9-19-39)48-23-13-11-21-45(48)54(58,59)60)51-43-32-35(34-14-4-1-5-15-34)25-28-46(43)63(52(41)51)50(42)33-37(36)30-40/h1-33H. The normalized spacial score (nSPS) is 12.3. The molecule has 0 saturated carbocycles. The third kappa shape index (κ3) is 6.30. The predicted octanol–water partition coefficient (Wildman–Crippen LogP) is 16.6. The third-order valence-corrected chi connectivity index (χ3v) is 11.9. The second kappa shape index (κ2) is 14.4. The van der Waals surface area contributed by atoms with Crippen LogP contribution in [0.2, 0.25) is 0 Å². The van der Waals surface area contributed by atoms with Gasteiger partial charge < -0.3 is 14.2 Å². The number of hydrogen-bond donors (Lipinski definition) is 0. The van der Waals surface area contributed by atoms with Crippen LogP contribution in [0.5, 0.6) is 0 Å². The van der Waals surface area contributed by atoms with Gasteiger partial charge in [-0.1, -0.05) is 109 Å². The molecule has 63 heavy (non-hydrogen) atoms. The highest BCUT2D eigenvalue weighted by Crippen LogP contribution is 2.51. The van der Waals surface area contributed by atoms with Gasteiger partial charge in [-0.3, -0.25) is 0 Å². The zero-order valence-electron chi connectivity index (χ0n) is 33.2. The van der Waals surface area contributed by atoms with Crippen molar-refractivity contribution in [2.75, 3.05) is 9.80 Å². The van der Waals surface area contributed by atoms with Gasteiger partial charge in [-0.05, 0) is 113 Å². The van der Waals surface area contributed by atoms with Gasteiger partial charge >= 0.3 is 12.4 Å². The number of halogens is 6. The van der Waals surface area contributed by atoms with Gasteiger partial charge in [0, 0.05) is 38.6 Å². The Morgan fingerprint density at radius 2 is 0.921 bits per heavy atom. The van der Waals surface area contributed by atoms with Gasteiger partial charge in [-0.2, -0.15) is 26.3 Å². The summed E-state index contributed by atoms with van der Waals surface area (Å²) in [5, 5.41) is 5.14.